The molecule has 0 saturated carbocycles. The summed E-state index contributed by atoms with van der Waals surface area (Å²) >= 11 is 0. The SMILES string of the molecule is CCNCCC(=O)NCCCN(C)C. The molecule has 0 aromatic rings. The van der Waals surface area contributed by atoms with Gasteiger partial charge in [0.15, 0.2) is 0 Å². The molecule has 0 bridgehead atoms. The molecular weight excluding hydrogens is 178 g/mol. The zero-order valence-corrected chi connectivity index (χ0v) is 9.60. The number of carbonyl (C=O) groups is 1. The molecular formula is C10H23N3O. The van der Waals surface area contributed by atoms with Crippen molar-refractivity contribution in [2.75, 3.05) is 40.3 Å². The Morgan fingerprint density at radius 2 is 2.00 bits per heavy atom. The summed E-state index contributed by atoms with van der Waals surface area (Å²) in [5, 5.41) is 6.01. The number of amides is 1. The summed E-state index contributed by atoms with van der Waals surface area (Å²) in [4.78, 5) is 13.3. The first-order chi connectivity index (χ1) is 6.66. The maximum Gasteiger partial charge on any atom is 0.221 e. The Hall–Kier alpha value is -0.610. The van der Waals surface area contributed by atoms with Gasteiger partial charge in [-0.05, 0) is 33.6 Å². The minimum Gasteiger partial charge on any atom is -0.356 e. The molecule has 0 saturated heterocycles. The van der Waals surface area contributed by atoms with Crippen LogP contribution < -0.4 is 10.6 Å². The molecule has 0 atom stereocenters. The Labute approximate surface area is 87.0 Å². The molecule has 4 nitrogen and oxygen atoms in total. The van der Waals surface area contributed by atoms with Gasteiger partial charge in [-0.1, -0.05) is 6.92 Å². The lowest BCUT2D eigenvalue weighted by molar-refractivity contribution is -0.121. The van der Waals surface area contributed by atoms with E-state index in [1.807, 2.05) is 21.0 Å². The molecule has 0 aromatic carbocycles. The van der Waals surface area contributed by atoms with Crippen LogP contribution in [0.5, 0.6) is 0 Å². The molecule has 4 heteroatoms. The Bertz CT molecular complexity index is 148. The van der Waals surface area contributed by atoms with Crippen LogP contribution in [-0.2, 0) is 4.79 Å². The predicted molar refractivity (Wildman–Crippen MR) is 59.3 cm³/mol. The van der Waals surface area contributed by atoms with E-state index in [9.17, 15) is 4.79 Å². The Kier molecular flexibility index (Phi) is 8.57. The number of hydrogen-bond acceptors (Lipinski definition) is 3. The van der Waals surface area contributed by atoms with E-state index in [4.69, 9.17) is 0 Å². The number of nitrogens with one attached hydrogen (secondary N) is 2. The van der Waals surface area contributed by atoms with Crippen molar-refractivity contribution in [1.82, 2.24) is 15.5 Å². The average Bonchev–Trinajstić information content (AvgIpc) is 2.13. The van der Waals surface area contributed by atoms with Crippen LogP contribution >= 0.6 is 0 Å². The number of carbonyl (C=O) groups excluding carboxylic acids is 1. The summed E-state index contributed by atoms with van der Waals surface area (Å²) in [7, 11) is 4.07. The van der Waals surface area contributed by atoms with Crippen LogP contribution in [0.15, 0.2) is 0 Å². The molecule has 0 unspecified atom stereocenters. The molecule has 0 aliphatic carbocycles. The van der Waals surface area contributed by atoms with Gasteiger partial charge in [-0.15, -0.1) is 0 Å². The molecule has 0 radical (unpaired) electrons. The minimum atomic E-state index is 0.143. The van der Waals surface area contributed by atoms with Gasteiger partial charge in [-0.25, -0.2) is 0 Å². The molecule has 0 fully saturated rings. The summed E-state index contributed by atoms with van der Waals surface area (Å²) < 4.78 is 0. The second-order valence-electron chi connectivity index (χ2n) is 3.61. The fourth-order valence-corrected chi connectivity index (χ4v) is 1.09. The number of hydrogen-bond donors (Lipinski definition) is 2. The van der Waals surface area contributed by atoms with Crippen molar-refractivity contribution in [2.45, 2.75) is 19.8 Å². The van der Waals surface area contributed by atoms with Crippen molar-refractivity contribution in [3.8, 4) is 0 Å². The van der Waals surface area contributed by atoms with Gasteiger partial charge in [0.25, 0.3) is 0 Å². The van der Waals surface area contributed by atoms with Crippen LogP contribution in [0.2, 0.25) is 0 Å². The van der Waals surface area contributed by atoms with Crippen LogP contribution in [0.4, 0.5) is 0 Å². The molecule has 0 spiro atoms. The monoisotopic (exact) mass is 201 g/mol. The maximum absolute atomic E-state index is 11.2. The highest BCUT2D eigenvalue weighted by Gasteiger charge is 1.99. The van der Waals surface area contributed by atoms with Gasteiger partial charge in [0.1, 0.15) is 0 Å². The van der Waals surface area contributed by atoms with Gasteiger partial charge in [-0.2, -0.15) is 0 Å². The van der Waals surface area contributed by atoms with Crippen molar-refractivity contribution in [2.24, 2.45) is 0 Å². The largest absolute Gasteiger partial charge is 0.356 e. The summed E-state index contributed by atoms with van der Waals surface area (Å²) in [5.74, 6) is 0.143. The zero-order valence-electron chi connectivity index (χ0n) is 9.60. The highest BCUT2D eigenvalue weighted by molar-refractivity contribution is 5.75. The molecule has 1 amide bonds. The normalized spacial score (nSPS) is 10.6. The molecule has 0 aliphatic heterocycles. The molecule has 84 valence electrons. The third-order valence-electron chi connectivity index (χ3n) is 1.88. The molecule has 0 rings (SSSR count). The van der Waals surface area contributed by atoms with E-state index in [0.29, 0.717) is 6.42 Å². The van der Waals surface area contributed by atoms with Crippen molar-refractivity contribution >= 4 is 5.91 Å². The van der Waals surface area contributed by atoms with E-state index in [1.54, 1.807) is 0 Å². The first-order valence-corrected chi connectivity index (χ1v) is 5.29. The summed E-state index contributed by atoms with van der Waals surface area (Å²) in [5.41, 5.74) is 0. The van der Waals surface area contributed by atoms with Gasteiger partial charge < -0.3 is 15.5 Å². The predicted octanol–water partition coefficient (Wildman–Crippen LogP) is 0.0539. The van der Waals surface area contributed by atoms with Gasteiger partial charge in [-0.3, -0.25) is 4.79 Å². The Balaban J connectivity index is 3.18. The first-order valence-electron chi connectivity index (χ1n) is 5.29. The summed E-state index contributed by atoms with van der Waals surface area (Å²) in [6, 6.07) is 0. The van der Waals surface area contributed by atoms with Gasteiger partial charge in [0.05, 0.1) is 0 Å². The highest BCUT2D eigenvalue weighted by Crippen LogP contribution is 1.82. The van der Waals surface area contributed by atoms with Crippen molar-refractivity contribution in [1.29, 1.82) is 0 Å². The Morgan fingerprint density at radius 3 is 2.57 bits per heavy atom. The van der Waals surface area contributed by atoms with Crippen molar-refractivity contribution in [3.63, 3.8) is 0 Å². The highest BCUT2D eigenvalue weighted by atomic mass is 16.1. The van der Waals surface area contributed by atoms with E-state index in [2.05, 4.69) is 15.5 Å². The van der Waals surface area contributed by atoms with Gasteiger partial charge in [0, 0.05) is 19.5 Å². The zero-order chi connectivity index (χ0) is 10.8. The fraction of sp³-hybridized carbons (Fsp3) is 0.900. The smallest absolute Gasteiger partial charge is 0.221 e. The van der Waals surface area contributed by atoms with Crippen LogP contribution in [-0.4, -0.2) is 51.1 Å². The standard InChI is InChI=1S/C10H23N3O/c1-4-11-8-6-10(14)12-7-5-9-13(2)3/h11H,4-9H2,1-3H3,(H,12,14). The molecule has 0 aromatic heterocycles. The molecule has 0 heterocycles. The topological polar surface area (TPSA) is 44.4 Å². The molecule has 0 aliphatic rings. The number of rotatable bonds is 8. The minimum absolute atomic E-state index is 0.143. The van der Waals surface area contributed by atoms with Crippen LogP contribution in [0.1, 0.15) is 19.8 Å². The van der Waals surface area contributed by atoms with Crippen molar-refractivity contribution in [3.05, 3.63) is 0 Å². The summed E-state index contributed by atoms with van der Waals surface area (Å²) in [6.45, 7) is 5.54. The quantitative estimate of drug-likeness (QED) is 0.546. The van der Waals surface area contributed by atoms with Crippen LogP contribution in [0, 0.1) is 0 Å². The lowest BCUT2D eigenvalue weighted by Crippen LogP contribution is -2.29. The Morgan fingerprint density at radius 1 is 1.29 bits per heavy atom. The van der Waals surface area contributed by atoms with Crippen LogP contribution in [0.3, 0.4) is 0 Å². The lowest BCUT2D eigenvalue weighted by Gasteiger charge is -2.09. The summed E-state index contributed by atoms with van der Waals surface area (Å²) in [6.07, 6.45) is 1.59. The molecule has 2 N–H and O–H groups in total. The van der Waals surface area contributed by atoms with E-state index in [1.165, 1.54) is 0 Å². The van der Waals surface area contributed by atoms with E-state index in [0.717, 1.165) is 32.6 Å². The van der Waals surface area contributed by atoms with Gasteiger partial charge >= 0.3 is 0 Å². The van der Waals surface area contributed by atoms with E-state index in [-0.39, 0.29) is 5.91 Å². The van der Waals surface area contributed by atoms with Gasteiger partial charge in [0.2, 0.25) is 5.91 Å². The van der Waals surface area contributed by atoms with E-state index < -0.39 is 0 Å². The second-order valence-corrected chi connectivity index (χ2v) is 3.61. The second kappa shape index (κ2) is 8.97. The third-order valence-corrected chi connectivity index (χ3v) is 1.88. The van der Waals surface area contributed by atoms with Crippen LogP contribution in [0.25, 0.3) is 0 Å². The fourth-order valence-electron chi connectivity index (χ4n) is 1.09. The third kappa shape index (κ3) is 9.48. The average molecular weight is 201 g/mol. The number of nitrogens with zero attached hydrogens (tertiary/aromatic N) is 1. The molecule has 14 heavy (non-hydrogen) atoms. The van der Waals surface area contributed by atoms with Crippen molar-refractivity contribution < 1.29 is 4.79 Å². The van der Waals surface area contributed by atoms with E-state index >= 15 is 0 Å². The first kappa shape index (κ1) is 13.4. The lowest BCUT2D eigenvalue weighted by atomic mass is 10.3. The maximum atomic E-state index is 11.2.